The molecule has 6 nitrogen and oxygen atoms in total. The highest BCUT2D eigenvalue weighted by Gasteiger charge is 2.43. The van der Waals surface area contributed by atoms with E-state index in [1.807, 2.05) is 0 Å². The first-order chi connectivity index (χ1) is 13.5. The SMILES string of the molecule is Nc1ncccc1C(=O)c1nc(N2CCNC(C(F)(F)F)C2)ccc1C(F)(F)F. The van der Waals surface area contributed by atoms with E-state index in [4.69, 9.17) is 5.73 Å². The summed E-state index contributed by atoms with van der Waals surface area (Å²) in [5.74, 6) is -1.57. The molecular formula is C17H15F6N5O. The number of anilines is 2. The minimum atomic E-state index is -4.90. The monoisotopic (exact) mass is 419 g/mol. The molecule has 2 aromatic rings. The lowest BCUT2D eigenvalue weighted by Crippen LogP contribution is -2.57. The number of aromatic nitrogens is 2. The number of hydrogen-bond acceptors (Lipinski definition) is 6. The van der Waals surface area contributed by atoms with Crippen LogP contribution in [0.1, 0.15) is 21.6 Å². The molecular weight excluding hydrogens is 404 g/mol. The highest BCUT2D eigenvalue weighted by atomic mass is 19.4. The smallest absolute Gasteiger partial charge is 0.383 e. The molecule has 12 heteroatoms. The molecule has 3 N–H and O–H groups in total. The Balaban J connectivity index is 2.03. The van der Waals surface area contributed by atoms with Gasteiger partial charge in [0, 0.05) is 25.8 Å². The number of nitrogens with one attached hydrogen (secondary N) is 1. The number of hydrogen-bond donors (Lipinski definition) is 2. The Morgan fingerprint density at radius 1 is 1.17 bits per heavy atom. The van der Waals surface area contributed by atoms with Crippen molar-refractivity contribution in [2.45, 2.75) is 18.4 Å². The minimum absolute atomic E-state index is 0.0499. The molecule has 0 spiro atoms. The van der Waals surface area contributed by atoms with Gasteiger partial charge in [-0.1, -0.05) is 0 Å². The standard InChI is InChI=1S/C17H15F6N5O/c18-16(19,20)10-3-4-12(28-7-6-25-11(8-28)17(21,22)23)27-13(10)14(29)9-2-1-5-26-15(9)24/h1-5,11,25H,6-8H2,(H2,24,26). The van der Waals surface area contributed by atoms with Crippen LogP contribution in [0.25, 0.3) is 0 Å². The van der Waals surface area contributed by atoms with E-state index in [0.29, 0.717) is 6.07 Å². The summed E-state index contributed by atoms with van der Waals surface area (Å²) in [5.41, 5.74) is 3.04. The third kappa shape index (κ3) is 4.42. The number of carbonyl (C=O) groups is 1. The van der Waals surface area contributed by atoms with Gasteiger partial charge in [-0.2, -0.15) is 26.3 Å². The molecule has 156 valence electrons. The zero-order valence-electron chi connectivity index (χ0n) is 14.7. The first kappa shape index (κ1) is 20.8. The summed E-state index contributed by atoms with van der Waals surface area (Å²) in [6.07, 6.45) is -8.17. The summed E-state index contributed by atoms with van der Waals surface area (Å²) in [6, 6.07) is 2.24. The van der Waals surface area contributed by atoms with Crippen molar-refractivity contribution in [2.75, 3.05) is 30.3 Å². The molecule has 0 amide bonds. The number of rotatable bonds is 3. The van der Waals surface area contributed by atoms with Crippen LogP contribution in [0.3, 0.4) is 0 Å². The number of nitrogens with two attached hydrogens (primary N) is 1. The molecule has 0 aromatic carbocycles. The number of alkyl halides is 6. The number of piperazine rings is 1. The Morgan fingerprint density at radius 3 is 2.52 bits per heavy atom. The molecule has 1 saturated heterocycles. The van der Waals surface area contributed by atoms with Crippen LogP contribution in [0.15, 0.2) is 30.5 Å². The Kier molecular flexibility index (Phi) is 5.39. The largest absolute Gasteiger partial charge is 0.418 e. The van der Waals surface area contributed by atoms with Gasteiger partial charge < -0.3 is 16.0 Å². The normalized spacial score (nSPS) is 18.0. The van der Waals surface area contributed by atoms with Gasteiger partial charge in [0.2, 0.25) is 5.78 Å². The third-order valence-corrected chi connectivity index (χ3v) is 4.38. The second-order valence-electron chi connectivity index (χ2n) is 6.32. The van der Waals surface area contributed by atoms with Gasteiger partial charge in [-0.15, -0.1) is 0 Å². The van der Waals surface area contributed by atoms with E-state index >= 15 is 0 Å². The number of pyridine rings is 2. The Hall–Kier alpha value is -2.89. The van der Waals surface area contributed by atoms with Gasteiger partial charge in [-0.3, -0.25) is 4.79 Å². The fraction of sp³-hybridized carbons (Fsp3) is 0.353. The summed E-state index contributed by atoms with van der Waals surface area (Å²) in [5, 5.41) is 2.30. The first-order valence-electron chi connectivity index (χ1n) is 8.37. The van der Waals surface area contributed by atoms with Gasteiger partial charge in [0.25, 0.3) is 0 Å². The van der Waals surface area contributed by atoms with E-state index in [0.717, 1.165) is 6.07 Å². The topological polar surface area (TPSA) is 84.1 Å². The summed E-state index contributed by atoms with van der Waals surface area (Å²) in [4.78, 5) is 21.3. The van der Waals surface area contributed by atoms with Gasteiger partial charge in [-0.25, -0.2) is 9.97 Å². The maximum atomic E-state index is 13.4. The molecule has 1 unspecified atom stereocenters. The van der Waals surface area contributed by atoms with Crippen LogP contribution < -0.4 is 16.0 Å². The van der Waals surface area contributed by atoms with Crippen LogP contribution in [0.5, 0.6) is 0 Å². The fourth-order valence-electron chi connectivity index (χ4n) is 2.94. The van der Waals surface area contributed by atoms with Crippen LogP contribution in [-0.2, 0) is 6.18 Å². The number of halogens is 6. The van der Waals surface area contributed by atoms with E-state index in [9.17, 15) is 31.1 Å². The van der Waals surface area contributed by atoms with Gasteiger partial charge in [-0.05, 0) is 24.3 Å². The third-order valence-electron chi connectivity index (χ3n) is 4.38. The molecule has 29 heavy (non-hydrogen) atoms. The number of carbonyl (C=O) groups excluding carboxylic acids is 1. The molecule has 3 heterocycles. The number of nitrogens with zero attached hydrogens (tertiary/aromatic N) is 3. The lowest BCUT2D eigenvalue weighted by molar-refractivity contribution is -0.155. The van der Waals surface area contributed by atoms with Crippen molar-refractivity contribution in [3.05, 3.63) is 47.3 Å². The van der Waals surface area contributed by atoms with Crippen LogP contribution in [0, 0.1) is 0 Å². The zero-order chi connectivity index (χ0) is 21.4. The van der Waals surface area contributed by atoms with Gasteiger partial charge in [0.05, 0.1) is 11.1 Å². The van der Waals surface area contributed by atoms with E-state index < -0.39 is 42.0 Å². The lowest BCUT2D eigenvalue weighted by atomic mass is 10.0. The van der Waals surface area contributed by atoms with Gasteiger partial charge in [0.1, 0.15) is 23.4 Å². The highest BCUT2D eigenvalue weighted by molar-refractivity contribution is 6.11. The van der Waals surface area contributed by atoms with Gasteiger partial charge in [0.15, 0.2) is 0 Å². The maximum absolute atomic E-state index is 13.4. The van der Waals surface area contributed by atoms with Gasteiger partial charge >= 0.3 is 12.4 Å². The molecule has 1 aliphatic rings. The number of nitrogen functional groups attached to an aromatic ring is 1. The van der Waals surface area contributed by atoms with Crippen molar-refractivity contribution in [3.8, 4) is 0 Å². The van der Waals surface area contributed by atoms with Crippen LogP contribution in [0.2, 0.25) is 0 Å². The molecule has 1 fully saturated rings. The highest BCUT2D eigenvalue weighted by Crippen LogP contribution is 2.34. The lowest BCUT2D eigenvalue weighted by Gasteiger charge is -2.35. The predicted molar refractivity (Wildman–Crippen MR) is 91.4 cm³/mol. The fourth-order valence-corrected chi connectivity index (χ4v) is 2.94. The van der Waals surface area contributed by atoms with Crippen molar-refractivity contribution in [1.82, 2.24) is 15.3 Å². The van der Waals surface area contributed by atoms with E-state index in [1.54, 1.807) is 0 Å². The molecule has 0 saturated carbocycles. The average Bonchev–Trinajstić information content (AvgIpc) is 2.66. The van der Waals surface area contributed by atoms with Crippen LogP contribution in [-0.4, -0.2) is 47.6 Å². The van der Waals surface area contributed by atoms with E-state index in [-0.39, 0.29) is 30.3 Å². The summed E-state index contributed by atoms with van der Waals surface area (Å²) >= 11 is 0. The van der Waals surface area contributed by atoms with Crippen LogP contribution >= 0.6 is 0 Å². The maximum Gasteiger partial charge on any atom is 0.418 e. The quantitative estimate of drug-likeness (QED) is 0.588. The predicted octanol–water partition coefficient (Wildman–Crippen LogP) is 2.65. The summed E-state index contributed by atoms with van der Waals surface area (Å²) in [7, 11) is 0. The molecule has 2 aromatic heterocycles. The zero-order valence-corrected chi connectivity index (χ0v) is 14.7. The molecule has 3 rings (SSSR count). The Labute approximate surface area is 160 Å². The minimum Gasteiger partial charge on any atom is -0.383 e. The first-order valence-corrected chi connectivity index (χ1v) is 8.37. The Morgan fingerprint density at radius 2 is 1.90 bits per heavy atom. The van der Waals surface area contributed by atoms with E-state index in [2.05, 4.69) is 15.3 Å². The summed E-state index contributed by atoms with van der Waals surface area (Å²) < 4.78 is 79.2. The molecule has 0 radical (unpaired) electrons. The van der Waals surface area contributed by atoms with Crippen molar-refractivity contribution >= 4 is 17.4 Å². The van der Waals surface area contributed by atoms with Crippen molar-refractivity contribution in [3.63, 3.8) is 0 Å². The summed E-state index contributed by atoms with van der Waals surface area (Å²) in [6.45, 7) is -0.524. The molecule has 0 aliphatic carbocycles. The van der Waals surface area contributed by atoms with Crippen molar-refractivity contribution in [1.29, 1.82) is 0 Å². The average molecular weight is 419 g/mol. The second kappa shape index (κ2) is 7.50. The molecule has 1 atom stereocenters. The van der Waals surface area contributed by atoms with Crippen molar-refractivity contribution in [2.24, 2.45) is 0 Å². The molecule has 0 bridgehead atoms. The molecule has 1 aliphatic heterocycles. The Bertz CT molecular complexity index is 914. The van der Waals surface area contributed by atoms with Crippen molar-refractivity contribution < 1.29 is 31.1 Å². The van der Waals surface area contributed by atoms with Crippen LogP contribution in [0.4, 0.5) is 38.0 Å². The van der Waals surface area contributed by atoms with E-state index in [1.165, 1.54) is 23.2 Å². The second-order valence-corrected chi connectivity index (χ2v) is 6.32. The number of ketones is 1.